The molecule has 0 aliphatic carbocycles. The third-order valence-electron chi connectivity index (χ3n) is 1.04. The topological polar surface area (TPSA) is 0 Å². The third kappa shape index (κ3) is 8.13. The summed E-state index contributed by atoms with van der Waals surface area (Å²) < 4.78 is 1.41. The number of alkyl halides is 1. The smallest absolute Gasteiger partial charge is 0.117 e. The van der Waals surface area contributed by atoms with E-state index < -0.39 is 8.07 Å². The van der Waals surface area contributed by atoms with Crippen LogP contribution in [0.2, 0.25) is 13.1 Å². The first-order valence-electron chi connectivity index (χ1n) is 3.08. The average molecular weight is 402 g/mol. The molecule has 0 atom stereocenters. The van der Waals surface area contributed by atoms with Gasteiger partial charge in [0.15, 0.2) is 0 Å². The summed E-state index contributed by atoms with van der Waals surface area (Å²) in [6, 6.07) is 0. The summed E-state index contributed by atoms with van der Waals surface area (Å²) in [5.74, 6) is 0. The molecular formula is C6H16I2SSi. The Labute approximate surface area is 99.4 Å². The van der Waals surface area contributed by atoms with Gasteiger partial charge in [-0.15, -0.1) is 0 Å². The van der Waals surface area contributed by atoms with Crippen molar-refractivity contribution in [1.82, 2.24) is 0 Å². The highest BCUT2D eigenvalue weighted by Crippen LogP contribution is 2.08. The van der Waals surface area contributed by atoms with E-state index in [9.17, 15) is 0 Å². The van der Waals surface area contributed by atoms with E-state index in [-0.39, 0.29) is 24.0 Å². The fourth-order valence-corrected chi connectivity index (χ4v) is 9.36. The second-order valence-electron chi connectivity index (χ2n) is 3.43. The Morgan fingerprint density at radius 1 is 1.30 bits per heavy atom. The van der Waals surface area contributed by atoms with E-state index in [2.05, 4.69) is 48.2 Å². The predicted octanol–water partition coefficient (Wildman–Crippen LogP) is -0.910. The summed E-state index contributed by atoms with van der Waals surface area (Å²) in [6.07, 6.45) is 4.70. The van der Waals surface area contributed by atoms with E-state index in [1.165, 1.54) is 9.43 Å². The van der Waals surface area contributed by atoms with Crippen molar-refractivity contribution in [2.45, 2.75) is 13.1 Å². The van der Waals surface area contributed by atoms with Crippen molar-refractivity contribution in [3.8, 4) is 0 Å². The van der Waals surface area contributed by atoms with Gasteiger partial charge in [0.1, 0.15) is 8.07 Å². The fraction of sp³-hybridized carbons (Fsp3) is 1.00. The Morgan fingerprint density at radius 3 is 1.80 bits per heavy atom. The van der Waals surface area contributed by atoms with Crippen molar-refractivity contribution in [2.75, 3.05) is 21.9 Å². The summed E-state index contributed by atoms with van der Waals surface area (Å²) in [5, 5.41) is 1.51. The van der Waals surface area contributed by atoms with Crippen LogP contribution >= 0.6 is 22.6 Å². The van der Waals surface area contributed by atoms with Crippen LogP contribution in [0, 0.1) is 0 Å². The number of rotatable bonds is 3. The molecule has 0 aromatic heterocycles. The summed E-state index contributed by atoms with van der Waals surface area (Å²) in [4.78, 5) is 0. The van der Waals surface area contributed by atoms with E-state index in [1.807, 2.05) is 0 Å². The lowest BCUT2D eigenvalue weighted by Gasteiger charge is -2.14. The number of halogens is 2. The van der Waals surface area contributed by atoms with Gasteiger partial charge in [-0.3, -0.25) is 0 Å². The molecule has 0 spiro atoms. The zero-order chi connectivity index (χ0) is 7.49. The van der Waals surface area contributed by atoms with Crippen molar-refractivity contribution in [1.29, 1.82) is 0 Å². The maximum Gasteiger partial charge on any atom is 0.117 e. The highest BCUT2D eigenvalue weighted by molar-refractivity contribution is 14.1. The van der Waals surface area contributed by atoms with Gasteiger partial charge in [-0.1, -0.05) is 35.7 Å². The summed E-state index contributed by atoms with van der Waals surface area (Å²) in [7, 11) is -0.0693. The summed E-state index contributed by atoms with van der Waals surface area (Å²) >= 11 is 2.53. The van der Waals surface area contributed by atoms with Gasteiger partial charge in [0.25, 0.3) is 0 Å². The lowest BCUT2D eigenvalue weighted by atomic mass is 11.7. The van der Waals surface area contributed by atoms with Gasteiger partial charge in [0, 0.05) is 0 Å². The summed E-state index contributed by atoms with van der Waals surface area (Å²) in [6.45, 7) is 4.96. The fourth-order valence-electron chi connectivity index (χ4n) is 0.820. The molecule has 64 valence electrons. The molecule has 0 aromatic carbocycles. The van der Waals surface area contributed by atoms with Crippen LogP contribution in [0.15, 0.2) is 0 Å². The third-order valence-corrected chi connectivity index (χ3v) is 13.4. The van der Waals surface area contributed by atoms with Gasteiger partial charge in [0.2, 0.25) is 0 Å². The molecular weight excluding hydrogens is 386 g/mol. The molecule has 0 unspecified atom stereocenters. The van der Waals surface area contributed by atoms with Crippen LogP contribution in [-0.4, -0.2) is 30.0 Å². The second-order valence-corrected chi connectivity index (χ2v) is 13.4. The molecule has 0 saturated carbocycles. The Balaban J connectivity index is 0. The van der Waals surface area contributed by atoms with Crippen molar-refractivity contribution in [2.24, 2.45) is 0 Å². The first kappa shape index (κ1) is 14.5. The molecule has 0 saturated heterocycles. The van der Waals surface area contributed by atoms with Crippen LogP contribution in [-0.2, 0) is 10.9 Å². The number of hydrogen-bond donors (Lipinski definition) is 0. The van der Waals surface area contributed by atoms with Crippen molar-refractivity contribution < 1.29 is 24.0 Å². The Bertz CT molecular complexity index is 85.8. The minimum atomic E-state index is -0.741. The molecule has 0 amide bonds. The van der Waals surface area contributed by atoms with Gasteiger partial charge < -0.3 is 24.0 Å². The minimum absolute atomic E-state index is 0. The van der Waals surface area contributed by atoms with Gasteiger partial charge in [0.05, 0.1) is 17.9 Å². The molecule has 0 radical (unpaired) electrons. The molecule has 0 rings (SSSR count). The highest BCUT2D eigenvalue weighted by atomic mass is 127. The Hall–Kier alpha value is 2.03. The second kappa shape index (κ2) is 6.53. The maximum atomic E-state index is 2.53. The highest BCUT2D eigenvalue weighted by Gasteiger charge is 2.25. The van der Waals surface area contributed by atoms with Crippen LogP contribution in [0.25, 0.3) is 0 Å². The molecule has 0 aliphatic heterocycles. The largest absolute Gasteiger partial charge is 1.00 e. The normalized spacial score (nSPS) is 11.4. The molecule has 4 heteroatoms. The first-order valence-corrected chi connectivity index (χ1v) is 10.2. The molecule has 0 heterocycles. The van der Waals surface area contributed by atoms with Gasteiger partial charge >= 0.3 is 0 Å². The molecule has 0 aromatic rings. The zero-order valence-electron chi connectivity index (χ0n) is 7.08. The van der Waals surface area contributed by atoms with Gasteiger partial charge in [-0.25, -0.2) is 0 Å². The molecule has 0 nitrogen and oxygen atoms in total. The lowest BCUT2D eigenvalue weighted by Crippen LogP contribution is -3.00. The van der Waals surface area contributed by atoms with Crippen LogP contribution in [0.5, 0.6) is 0 Å². The van der Waals surface area contributed by atoms with E-state index in [0.717, 1.165) is 0 Å². The Morgan fingerprint density at radius 2 is 1.70 bits per heavy atom. The standard InChI is InChI=1S/C6H16ISSi.HI/c1-8(2)6-9(3,4)5-7;/h5-6H2,1-4H3;1H/q+1;/p-1. The first-order chi connectivity index (χ1) is 3.98. The molecule has 0 fully saturated rings. The van der Waals surface area contributed by atoms with E-state index >= 15 is 0 Å². The maximum absolute atomic E-state index is 2.53. The SMILES string of the molecule is C[S+](C)C[Si](C)(C)CI.[I-]. The predicted molar refractivity (Wildman–Crippen MR) is 60.4 cm³/mol. The van der Waals surface area contributed by atoms with E-state index in [4.69, 9.17) is 0 Å². The molecule has 0 bridgehead atoms. The van der Waals surface area contributed by atoms with Crippen LogP contribution in [0.3, 0.4) is 0 Å². The quantitative estimate of drug-likeness (QED) is 0.248. The van der Waals surface area contributed by atoms with Gasteiger partial charge in [-0.2, -0.15) is 0 Å². The van der Waals surface area contributed by atoms with Crippen LogP contribution < -0.4 is 24.0 Å². The average Bonchev–Trinajstić information content (AvgIpc) is 1.63. The van der Waals surface area contributed by atoms with E-state index in [0.29, 0.717) is 10.9 Å². The molecule has 0 N–H and O–H groups in total. The van der Waals surface area contributed by atoms with Crippen molar-refractivity contribution >= 4 is 41.6 Å². The number of hydrogen-bond acceptors (Lipinski definition) is 0. The van der Waals surface area contributed by atoms with Crippen molar-refractivity contribution in [3.63, 3.8) is 0 Å². The zero-order valence-corrected chi connectivity index (χ0v) is 13.2. The van der Waals surface area contributed by atoms with Crippen LogP contribution in [0.4, 0.5) is 0 Å². The Kier molecular flexibility index (Phi) is 9.50. The monoisotopic (exact) mass is 402 g/mol. The lowest BCUT2D eigenvalue weighted by molar-refractivity contribution is -0.00000227. The molecule has 10 heavy (non-hydrogen) atoms. The van der Waals surface area contributed by atoms with Crippen LogP contribution in [0.1, 0.15) is 0 Å². The minimum Gasteiger partial charge on any atom is -1.00 e. The molecule has 0 aliphatic rings. The summed E-state index contributed by atoms with van der Waals surface area (Å²) in [5.41, 5.74) is 0. The van der Waals surface area contributed by atoms with Crippen molar-refractivity contribution in [3.05, 3.63) is 0 Å². The van der Waals surface area contributed by atoms with E-state index in [1.54, 1.807) is 0 Å². The van der Waals surface area contributed by atoms with Gasteiger partial charge in [-0.05, 0) is 14.9 Å².